The smallest absolute Gasteiger partial charge is 0.225 e. The molecule has 1 saturated carbocycles. The number of amidine groups is 1. The standard InChI is InChI=1S/C11H20N4O2/c1-8(10(12)13-17)14-4-6-15(7-5-14)11(16)9-2-3-9/h8-9,17H,2-7H2,1H3,(H2,12,13). The number of amides is 1. The molecule has 6 heteroatoms. The van der Waals surface area contributed by atoms with Gasteiger partial charge in [-0.15, -0.1) is 0 Å². The number of nitrogens with two attached hydrogens (primary N) is 1. The number of nitrogens with zero attached hydrogens (tertiary/aromatic N) is 3. The lowest BCUT2D eigenvalue weighted by atomic mass is 10.2. The normalized spacial score (nSPS) is 24.8. The molecule has 0 bridgehead atoms. The van der Waals surface area contributed by atoms with Crippen molar-refractivity contribution in [3.63, 3.8) is 0 Å². The maximum absolute atomic E-state index is 11.8. The van der Waals surface area contributed by atoms with Gasteiger partial charge in [0.25, 0.3) is 0 Å². The van der Waals surface area contributed by atoms with Crippen LogP contribution in [-0.2, 0) is 4.79 Å². The summed E-state index contributed by atoms with van der Waals surface area (Å²) in [4.78, 5) is 15.9. The number of hydrogen-bond donors (Lipinski definition) is 2. The lowest BCUT2D eigenvalue weighted by Crippen LogP contribution is -2.54. The van der Waals surface area contributed by atoms with Gasteiger partial charge in [-0.3, -0.25) is 9.69 Å². The molecule has 1 aliphatic heterocycles. The van der Waals surface area contributed by atoms with Crippen LogP contribution in [0.4, 0.5) is 0 Å². The molecule has 0 radical (unpaired) electrons. The van der Waals surface area contributed by atoms with Gasteiger partial charge in [-0.2, -0.15) is 0 Å². The zero-order valence-corrected chi connectivity index (χ0v) is 10.2. The van der Waals surface area contributed by atoms with Gasteiger partial charge in [0.15, 0.2) is 5.84 Å². The minimum Gasteiger partial charge on any atom is -0.409 e. The molecule has 1 amide bonds. The van der Waals surface area contributed by atoms with E-state index in [-0.39, 0.29) is 11.9 Å². The van der Waals surface area contributed by atoms with Crippen molar-refractivity contribution in [1.29, 1.82) is 0 Å². The molecule has 0 aromatic heterocycles. The van der Waals surface area contributed by atoms with Gasteiger partial charge in [-0.05, 0) is 19.8 Å². The van der Waals surface area contributed by atoms with Crippen LogP contribution in [0.5, 0.6) is 0 Å². The van der Waals surface area contributed by atoms with Crippen molar-refractivity contribution in [3.05, 3.63) is 0 Å². The summed E-state index contributed by atoms with van der Waals surface area (Å²) in [6.45, 7) is 4.98. The van der Waals surface area contributed by atoms with Crippen LogP contribution in [0.15, 0.2) is 5.16 Å². The molecule has 2 aliphatic rings. The van der Waals surface area contributed by atoms with E-state index in [1.165, 1.54) is 0 Å². The first-order valence-corrected chi connectivity index (χ1v) is 6.13. The first-order chi connectivity index (χ1) is 8.13. The first kappa shape index (κ1) is 12.2. The summed E-state index contributed by atoms with van der Waals surface area (Å²) >= 11 is 0. The van der Waals surface area contributed by atoms with Gasteiger partial charge >= 0.3 is 0 Å². The Morgan fingerprint density at radius 2 is 1.94 bits per heavy atom. The number of piperazine rings is 1. The maximum atomic E-state index is 11.8. The number of oxime groups is 1. The fourth-order valence-electron chi connectivity index (χ4n) is 2.19. The van der Waals surface area contributed by atoms with E-state index in [2.05, 4.69) is 10.1 Å². The second-order valence-corrected chi connectivity index (χ2v) is 4.84. The van der Waals surface area contributed by atoms with Crippen molar-refractivity contribution in [2.45, 2.75) is 25.8 Å². The Labute approximate surface area is 101 Å². The fourth-order valence-corrected chi connectivity index (χ4v) is 2.19. The van der Waals surface area contributed by atoms with Gasteiger partial charge in [0, 0.05) is 32.1 Å². The van der Waals surface area contributed by atoms with Crippen molar-refractivity contribution in [2.24, 2.45) is 16.8 Å². The second kappa shape index (κ2) is 4.91. The van der Waals surface area contributed by atoms with Crippen LogP contribution in [0, 0.1) is 5.92 Å². The van der Waals surface area contributed by atoms with Crippen LogP contribution in [0.1, 0.15) is 19.8 Å². The van der Waals surface area contributed by atoms with E-state index in [4.69, 9.17) is 10.9 Å². The Bertz CT molecular complexity index is 319. The highest BCUT2D eigenvalue weighted by atomic mass is 16.4. The van der Waals surface area contributed by atoms with Crippen LogP contribution >= 0.6 is 0 Å². The fraction of sp³-hybridized carbons (Fsp3) is 0.818. The molecule has 1 unspecified atom stereocenters. The van der Waals surface area contributed by atoms with Crippen molar-refractivity contribution in [3.8, 4) is 0 Å². The van der Waals surface area contributed by atoms with E-state index in [9.17, 15) is 4.79 Å². The number of hydrogen-bond acceptors (Lipinski definition) is 4. The molecule has 0 aromatic carbocycles. The molecule has 1 atom stereocenters. The molecule has 3 N–H and O–H groups in total. The van der Waals surface area contributed by atoms with Gasteiger partial charge in [0.2, 0.25) is 5.91 Å². The highest BCUT2D eigenvalue weighted by molar-refractivity contribution is 5.85. The van der Waals surface area contributed by atoms with Gasteiger partial charge in [-0.1, -0.05) is 5.16 Å². The van der Waals surface area contributed by atoms with E-state index < -0.39 is 0 Å². The average molecular weight is 240 g/mol. The predicted octanol–water partition coefficient (Wildman–Crippen LogP) is -0.324. The zero-order valence-electron chi connectivity index (χ0n) is 10.2. The summed E-state index contributed by atoms with van der Waals surface area (Å²) in [6, 6.07) is -0.0711. The zero-order chi connectivity index (χ0) is 12.4. The van der Waals surface area contributed by atoms with Gasteiger partial charge in [0.1, 0.15) is 0 Å². The maximum Gasteiger partial charge on any atom is 0.225 e. The van der Waals surface area contributed by atoms with E-state index in [1.54, 1.807) is 0 Å². The molecule has 17 heavy (non-hydrogen) atoms. The topological polar surface area (TPSA) is 82.2 Å². The Morgan fingerprint density at radius 3 is 2.41 bits per heavy atom. The largest absolute Gasteiger partial charge is 0.409 e. The van der Waals surface area contributed by atoms with Gasteiger partial charge < -0.3 is 15.8 Å². The molecule has 6 nitrogen and oxygen atoms in total. The molecule has 2 fully saturated rings. The molecule has 1 saturated heterocycles. The highest BCUT2D eigenvalue weighted by Gasteiger charge is 2.35. The number of carbonyl (C=O) groups is 1. The third-order valence-corrected chi connectivity index (χ3v) is 3.64. The summed E-state index contributed by atoms with van der Waals surface area (Å²) in [7, 11) is 0. The van der Waals surface area contributed by atoms with E-state index in [1.807, 2.05) is 11.8 Å². The molecule has 96 valence electrons. The lowest BCUT2D eigenvalue weighted by Gasteiger charge is -2.37. The van der Waals surface area contributed by atoms with Gasteiger partial charge in [-0.25, -0.2) is 0 Å². The monoisotopic (exact) mass is 240 g/mol. The van der Waals surface area contributed by atoms with Crippen LogP contribution < -0.4 is 5.73 Å². The summed E-state index contributed by atoms with van der Waals surface area (Å²) in [5, 5.41) is 11.7. The quantitative estimate of drug-likeness (QED) is 0.306. The van der Waals surface area contributed by atoms with Crippen LogP contribution in [0.2, 0.25) is 0 Å². The van der Waals surface area contributed by atoms with E-state index in [0.29, 0.717) is 11.8 Å². The third kappa shape index (κ3) is 2.69. The minimum atomic E-state index is -0.0711. The first-order valence-electron chi connectivity index (χ1n) is 6.13. The highest BCUT2D eigenvalue weighted by Crippen LogP contribution is 2.31. The van der Waals surface area contributed by atoms with Crippen LogP contribution in [0.25, 0.3) is 0 Å². The molecule has 0 aromatic rings. The molecule has 1 heterocycles. The lowest BCUT2D eigenvalue weighted by molar-refractivity contribution is -0.134. The third-order valence-electron chi connectivity index (χ3n) is 3.64. The number of rotatable bonds is 3. The summed E-state index contributed by atoms with van der Waals surface area (Å²) in [6.07, 6.45) is 2.11. The SMILES string of the molecule is CC(C(N)=NO)N1CCN(C(=O)C2CC2)CC1. The Morgan fingerprint density at radius 1 is 1.35 bits per heavy atom. The number of carbonyl (C=O) groups excluding carboxylic acids is 1. The molecule has 2 rings (SSSR count). The summed E-state index contributed by atoms with van der Waals surface area (Å²) < 4.78 is 0. The van der Waals surface area contributed by atoms with Gasteiger partial charge in [0.05, 0.1) is 6.04 Å². The predicted molar refractivity (Wildman–Crippen MR) is 63.7 cm³/mol. The second-order valence-electron chi connectivity index (χ2n) is 4.84. The van der Waals surface area contributed by atoms with Crippen LogP contribution in [0.3, 0.4) is 0 Å². The van der Waals surface area contributed by atoms with Crippen molar-refractivity contribution in [2.75, 3.05) is 26.2 Å². The molecular weight excluding hydrogens is 220 g/mol. The molecule has 1 aliphatic carbocycles. The van der Waals surface area contributed by atoms with E-state index >= 15 is 0 Å². The molecular formula is C11H20N4O2. The molecule has 0 spiro atoms. The minimum absolute atomic E-state index is 0.0711. The summed E-state index contributed by atoms with van der Waals surface area (Å²) in [5.41, 5.74) is 5.58. The Balaban J connectivity index is 1.83. The average Bonchev–Trinajstić information content (AvgIpc) is 3.20. The Kier molecular flexibility index (Phi) is 3.51. The Hall–Kier alpha value is -1.30. The van der Waals surface area contributed by atoms with E-state index in [0.717, 1.165) is 39.0 Å². The van der Waals surface area contributed by atoms with Crippen LogP contribution in [-0.4, -0.2) is 59.0 Å². The van der Waals surface area contributed by atoms with Crippen molar-refractivity contribution >= 4 is 11.7 Å². The summed E-state index contributed by atoms with van der Waals surface area (Å²) in [5.74, 6) is 0.830. The van der Waals surface area contributed by atoms with Crippen molar-refractivity contribution < 1.29 is 10.0 Å². The van der Waals surface area contributed by atoms with Crippen molar-refractivity contribution in [1.82, 2.24) is 9.80 Å².